The van der Waals surface area contributed by atoms with Gasteiger partial charge in [0.05, 0.1) is 6.10 Å². The van der Waals surface area contributed by atoms with Crippen LogP contribution in [0.15, 0.2) is 36.5 Å². The van der Waals surface area contributed by atoms with Gasteiger partial charge in [-0.25, -0.2) is 0 Å². The Morgan fingerprint density at radius 3 is 2.55 bits per heavy atom. The highest BCUT2D eigenvalue weighted by Crippen LogP contribution is 2.44. The van der Waals surface area contributed by atoms with Crippen LogP contribution in [0.3, 0.4) is 0 Å². The first kappa shape index (κ1) is 16.7. The van der Waals surface area contributed by atoms with Crippen molar-refractivity contribution >= 4 is 5.97 Å². The number of rotatable bonds is 10. The third-order valence-electron chi connectivity index (χ3n) is 3.51. The predicted molar refractivity (Wildman–Crippen MR) is 81.4 cm³/mol. The fourth-order valence-electron chi connectivity index (χ4n) is 2.20. The van der Waals surface area contributed by atoms with E-state index in [0.717, 1.165) is 37.5 Å². The fraction of sp³-hybridized carbons (Fsp3) is 0.588. The topological polar surface area (TPSA) is 57.5 Å². The molecule has 1 aliphatic rings. The van der Waals surface area contributed by atoms with E-state index in [1.807, 2.05) is 12.2 Å². The lowest BCUT2D eigenvalue weighted by Gasteiger charge is -1.93. The minimum atomic E-state index is -0.711. The van der Waals surface area contributed by atoms with Crippen LogP contribution in [0, 0.1) is 11.8 Å². The molecule has 0 bridgehead atoms. The summed E-state index contributed by atoms with van der Waals surface area (Å²) >= 11 is 0. The van der Waals surface area contributed by atoms with Crippen LogP contribution < -0.4 is 0 Å². The molecule has 0 aromatic heterocycles. The molecule has 1 fully saturated rings. The van der Waals surface area contributed by atoms with Crippen LogP contribution in [0.5, 0.6) is 0 Å². The lowest BCUT2D eigenvalue weighted by Crippen LogP contribution is -1.92. The first-order chi connectivity index (χ1) is 9.59. The van der Waals surface area contributed by atoms with Crippen LogP contribution >= 0.6 is 0 Å². The summed E-state index contributed by atoms with van der Waals surface area (Å²) < 4.78 is 0. The van der Waals surface area contributed by atoms with Crippen LogP contribution in [0.4, 0.5) is 0 Å². The molecular formula is C17H26O3. The molecule has 3 unspecified atom stereocenters. The molecule has 3 nitrogen and oxygen atoms in total. The standard InChI is InChI=1S/C17H26O3/c1-14(18)9-5-4-7-11-16-13-15(16)10-6-2-3-8-12-17(19)20/h2,4-7,9,14-16,18H,3,8,10-13H2,1H3,(H,19,20)/b6-2+,7-4+,9-5+. The molecule has 112 valence electrons. The molecule has 1 saturated carbocycles. The predicted octanol–water partition coefficient (Wildman–Crippen LogP) is 3.71. The summed E-state index contributed by atoms with van der Waals surface area (Å²) in [7, 11) is 0. The largest absolute Gasteiger partial charge is 0.481 e. The van der Waals surface area contributed by atoms with Gasteiger partial charge < -0.3 is 10.2 Å². The summed E-state index contributed by atoms with van der Waals surface area (Å²) in [6.45, 7) is 1.74. The van der Waals surface area contributed by atoms with E-state index in [9.17, 15) is 4.79 Å². The van der Waals surface area contributed by atoms with Crippen molar-refractivity contribution in [3.05, 3.63) is 36.5 Å². The number of carbonyl (C=O) groups is 1. The third-order valence-corrected chi connectivity index (χ3v) is 3.51. The molecule has 3 atom stereocenters. The van der Waals surface area contributed by atoms with Gasteiger partial charge in [0.1, 0.15) is 0 Å². The molecule has 1 rings (SSSR count). The quantitative estimate of drug-likeness (QED) is 0.364. The highest BCUT2D eigenvalue weighted by molar-refractivity contribution is 5.66. The van der Waals surface area contributed by atoms with Crippen molar-refractivity contribution in [2.45, 2.75) is 51.6 Å². The van der Waals surface area contributed by atoms with Crippen LogP contribution in [0.25, 0.3) is 0 Å². The number of aliphatic hydroxyl groups excluding tert-OH is 1. The summed E-state index contributed by atoms with van der Waals surface area (Å²) in [5.74, 6) is 0.892. The number of unbranched alkanes of at least 4 members (excludes halogenated alkanes) is 1. The van der Waals surface area contributed by atoms with E-state index in [0.29, 0.717) is 0 Å². The van der Waals surface area contributed by atoms with Gasteiger partial charge in [-0.2, -0.15) is 0 Å². The summed E-state index contributed by atoms with van der Waals surface area (Å²) in [5.41, 5.74) is 0. The molecule has 3 heteroatoms. The average Bonchev–Trinajstić information content (AvgIpc) is 3.11. The van der Waals surface area contributed by atoms with Crippen LogP contribution in [0.2, 0.25) is 0 Å². The van der Waals surface area contributed by atoms with Crippen LogP contribution in [-0.4, -0.2) is 22.3 Å². The van der Waals surface area contributed by atoms with Crippen molar-refractivity contribution in [3.63, 3.8) is 0 Å². The van der Waals surface area contributed by atoms with E-state index in [2.05, 4.69) is 18.2 Å². The molecule has 0 aromatic rings. The van der Waals surface area contributed by atoms with Gasteiger partial charge >= 0.3 is 5.97 Å². The summed E-state index contributed by atoms with van der Waals surface area (Å²) in [6, 6.07) is 0. The fourth-order valence-corrected chi connectivity index (χ4v) is 2.20. The van der Waals surface area contributed by atoms with Gasteiger partial charge in [0.2, 0.25) is 0 Å². The molecular weight excluding hydrogens is 252 g/mol. The molecule has 0 spiro atoms. The number of carboxylic acids is 1. The van der Waals surface area contributed by atoms with Crippen molar-refractivity contribution in [1.82, 2.24) is 0 Å². The zero-order valence-corrected chi connectivity index (χ0v) is 12.2. The Kier molecular flexibility index (Phi) is 7.97. The van der Waals surface area contributed by atoms with Gasteiger partial charge in [-0.1, -0.05) is 36.5 Å². The molecule has 0 heterocycles. The molecule has 1 aliphatic carbocycles. The Bertz CT molecular complexity index is 366. The summed E-state index contributed by atoms with van der Waals surface area (Å²) in [6.07, 6.45) is 17.2. The number of hydrogen-bond acceptors (Lipinski definition) is 2. The molecule has 0 aliphatic heterocycles. The maximum Gasteiger partial charge on any atom is 0.303 e. The molecule has 2 N–H and O–H groups in total. The van der Waals surface area contributed by atoms with E-state index in [-0.39, 0.29) is 12.5 Å². The summed E-state index contributed by atoms with van der Waals surface area (Å²) in [4.78, 5) is 10.3. The second kappa shape index (κ2) is 9.54. The van der Waals surface area contributed by atoms with Crippen molar-refractivity contribution < 1.29 is 15.0 Å². The van der Waals surface area contributed by atoms with Gasteiger partial charge in [0.15, 0.2) is 0 Å². The number of allylic oxidation sites excluding steroid dienone is 5. The van der Waals surface area contributed by atoms with Crippen molar-refractivity contribution in [1.29, 1.82) is 0 Å². The zero-order valence-electron chi connectivity index (χ0n) is 12.2. The Morgan fingerprint density at radius 1 is 1.20 bits per heavy atom. The molecule has 0 saturated heterocycles. The average molecular weight is 278 g/mol. The lowest BCUT2D eigenvalue weighted by molar-refractivity contribution is -0.137. The second-order valence-electron chi connectivity index (χ2n) is 5.54. The smallest absolute Gasteiger partial charge is 0.303 e. The van der Waals surface area contributed by atoms with Gasteiger partial charge in [-0.15, -0.1) is 0 Å². The number of carboxylic acid groups (broad SMARTS) is 1. The highest BCUT2D eigenvalue weighted by atomic mass is 16.4. The SMILES string of the molecule is CC(O)/C=C/C=C/CC1CC1C/C=C/CCCC(=O)O. The van der Waals surface area contributed by atoms with Crippen molar-refractivity contribution in [3.8, 4) is 0 Å². The Hall–Kier alpha value is -1.35. The van der Waals surface area contributed by atoms with E-state index in [4.69, 9.17) is 10.2 Å². The van der Waals surface area contributed by atoms with Gasteiger partial charge in [-0.05, 0) is 50.9 Å². The maximum atomic E-state index is 10.3. The third kappa shape index (κ3) is 8.70. The van der Waals surface area contributed by atoms with E-state index >= 15 is 0 Å². The minimum absolute atomic E-state index is 0.265. The van der Waals surface area contributed by atoms with Crippen LogP contribution in [0.1, 0.15) is 45.4 Å². The number of aliphatic hydroxyl groups is 1. The van der Waals surface area contributed by atoms with Crippen molar-refractivity contribution in [2.75, 3.05) is 0 Å². The van der Waals surface area contributed by atoms with Crippen molar-refractivity contribution in [2.24, 2.45) is 11.8 Å². The minimum Gasteiger partial charge on any atom is -0.481 e. The lowest BCUT2D eigenvalue weighted by atomic mass is 10.1. The van der Waals surface area contributed by atoms with Gasteiger partial charge in [0, 0.05) is 6.42 Å². The first-order valence-electron chi connectivity index (χ1n) is 7.47. The molecule has 20 heavy (non-hydrogen) atoms. The Balaban J connectivity index is 2.00. The van der Waals surface area contributed by atoms with E-state index in [1.54, 1.807) is 13.0 Å². The van der Waals surface area contributed by atoms with E-state index < -0.39 is 5.97 Å². The Labute approximate surface area is 121 Å². The second-order valence-corrected chi connectivity index (χ2v) is 5.54. The van der Waals surface area contributed by atoms with Gasteiger partial charge in [0.25, 0.3) is 0 Å². The molecule has 0 amide bonds. The zero-order chi connectivity index (χ0) is 14.8. The number of aliphatic carboxylic acids is 1. The maximum absolute atomic E-state index is 10.3. The normalized spacial score (nSPS) is 23.9. The van der Waals surface area contributed by atoms with Crippen LogP contribution in [-0.2, 0) is 4.79 Å². The summed E-state index contributed by atoms with van der Waals surface area (Å²) in [5, 5.41) is 17.5. The number of hydrogen-bond donors (Lipinski definition) is 2. The monoisotopic (exact) mass is 278 g/mol. The Morgan fingerprint density at radius 2 is 1.90 bits per heavy atom. The molecule has 0 aromatic carbocycles. The molecule has 0 radical (unpaired) electrons. The van der Waals surface area contributed by atoms with Gasteiger partial charge in [-0.3, -0.25) is 4.79 Å². The first-order valence-corrected chi connectivity index (χ1v) is 7.47. The van der Waals surface area contributed by atoms with E-state index in [1.165, 1.54) is 6.42 Å². The highest BCUT2D eigenvalue weighted by Gasteiger charge is 2.34.